The van der Waals surface area contributed by atoms with E-state index in [9.17, 15) is 4.79 Å². The third-order valence-electron chi connectivity index (χ3n) is 4.77. The summed E-state index contributed by atoms with van der Waals surface area (Å²) in [6, 6.07) is 17.6. The van der Waals surface area contributed by atoms with Gasteiger partial charge in [-0.15, -0.1) is 0 Å². The number of hydrogen-bond donors (Lipinski definition) is 1. The van der Waals surface area contributed by atoms with Crippen LogP contribution < -0.4 is 5.73 Å². The fourth-order valence-electron chi connectivity index (χ4n) is 3.59. The number of carbonyl (C=O) groups is 1. The summed E-state index contributed by atoms with van der Waals surface area (Å²) in [6.07, 6.45) is 0.678. The van der Waals surface area contributed by atoms with Crippen molar-refractivity contribution >= 4 is 11.9 Å². The molecular weight excluding hydrogens is 336 g/mol. The quantitative estimate of drug-likeness (QED) is 0.883. The molecule has 1 unspecified atom stereocenters. The van der Waals surface area contributed by atoms with E-state index in [1.165, 1.54) is 0 Å². The molecule has 0 saturated heterocycles. The first-order valence-electron chi connectivity index (χ1n) is 9.09. The van der Waals surface area contributed by atoms with E-state index in [0.717, 1.165) is 16.7 Å². The number of rotatable bonds is 5. The fourth-order valence-corrected chi connectivity index (χ4v) is 3.59. The summed E-state index contributed by atoms with van der Waals surface area (Å²) in [6.45, 7) is 6.41. The van der Waals surface area contributed by atoms with Gasteiger partial charge in [-0.05, 0) is 48.1 Å². The molecular formula is C22H24N4O. The van der Waals surface area contributed by atoms with Crippen molar-refractivity contribution in [2.75, 3.05) is 0 Å². The van der Waals surface area contributed by atoms with E-state index in [1.54, 1.807) is 11.0 Å². The number of hydrogen-bond acceptors (Lipinski definition) is 4. The van der Waals surface area contributed by atoms with Gasteiger partial charge in [0.05, 0.1) is 18.2 Å². The van der Waals surface area contributed by atoms with Gasteiger partial charge in [-0.2, -0.15) is 5.26 Å². The largest absolute Gasteiger partial charge is 0.369 e. The molecule has 2 N–H and O–H groups in total. The summed E-state index contributed by atoms with van der Waals surface area (Å²) >= 11 is 0. The van der Waals surface area contributed by atoms with Crippen molar-refractivity contribution in [1.82, 2.24) is 4.90 Å². The van der Waals surface area contributed by atoms with E-state index in [-0.39, 0.29) is 11.9 Å². The molecule has 0 saturated carbocycles. The summed E-state index contributed by atoms with van der Waals surface area (Å²) in [5, 5.41) is 9.05. The highest BCUT2D eigenvalue weighted by Crippen LogP contribution is 2.30. The molecule has 0 radical (unpaired) electrons. The molecule has 5 nitrogen and oxygen atoms in total. The minimum absolute atomic E-state index is 0.0421. The van der Waals surface area contributed by atoms with Gasteiger partial charge < -0.3 is 5.73 Å². The molecule has 1 aliphatic heterocycles. The minimum atomic E-state index is -0.768. The molecule has 0 fully saturated rings. The molecule has 0 aliphatic carbocycles. The zero-order valence-electron chi connectivity index (χ0n) is 15.9. The number of guanidine groups is 1. The highest BCUT2D eigenvalue weighted by molar-refractivity contribution is 6.06. The Morgan fingerprint density at radius 3 is 2.52 bits per heavy atom. The molecule has 27 heavy (non-hydrogen) atoms. The normalized spacial score (nSPS) is 19.3. The van der Waals surface area contributed by atoms with Gasteiger partial charge in [0.15, 0.2) is 5.96 Å². The average molecular weight is 360 g/mol. The van der Waals surface area contributed by atoms with Gasteiger partial charge in [0.25, 0.3) is 5.91 Å². The van der Waals surface area contributed by atoms with Crippen LogP contribution in [0, 0.1) is 17.2 Å². The molecule has 1 atom stereocenters. The number of nitrogens with two attached hydrogens (primary N) is 1. The zero-order valence-corrected chi connectivity index (χ0v) is 15.9. The van der Waals surface area contributed by atoms with Crippen LogP contribution in [0.2, 0.25) is 0 Å². The van der Waals surface area contributed by atoms with E-state index >= 15 is 0 Å². The van der Waals surface area contributed by atoms with Crippen LogP contribution in [0.1, 0.15) is 38.3 Å². The Kier molecular flexibility index (Phi) is 5.00. The number of benzene rings is 2. The molecule has 0 bridgehead atoms. The van der Waals surface area contributed by atoms with Crippen LogP contribution in [0.3, 0.4) is 0 Å². The van der Waals surface area contributed by atoms with Gasteiger partial charge >= 0.3 is 0 Å². The summed E-state index contributed by atoms with van der Waals surface area (Å²) in [5.74, 6) is 0.604. The van der Waals surface area contributed by atoms with Crippen LogP contribution in [-0.4, -0.2) is 22.3 Å². The van der Waals surface area contributed by atoms with Gasteiger partial charge in [-0.1, -0.05) is 50.2 Å². The van der Waals surface area contributed by atoms with E-state index in [1.807, 2.05) is 49.4 Å². The minimum Gasteiger partial charge on any atom is -0.369 e. The van der Waals surface area contributed by atoms with Gasteiger partial charge in [0, 0.05) is 0 Å². The van der Waals surface area contributed by atoms with Gasteiger partial charge in [-0.25, -0.2) is 4.99 Å². The van der Waals surface area contributed by atoms with Gasteiger partial charge in [0.2, 0.25) is 0 Å². The standard InChI is InChI=1S/C22H24N4O/c1-15(2)12-22(3)20(27)26(21(24)25-22)14-16-7-9-18(10-8-16)19-6-4-5-17(11-19)13-23/h4-11,15H,12,14H2,1-3H3,(H2,24,25). The number of amides is 1. The third kappa shape index (κ3) is 3.85. The van der Waals surface area contributed by atoms with Crippen LogP contribution in [0.25, 0.3) is 11.1 Å². The maximum absolute atomic E-state index is 12.8. The molecule has 1 amide bonds. The molecule has 2 aromatic rings. The maximum Gasteiger partial charge on any atom is 0.257 e. The monoisotopic (exact) mass is 360 g/mol. The van der Waals surface area contributed by atoms with Crippen molar-refractivity contribution < 1.29 is 4.79 Å². The van der Waals surface area contributed by atoms with Crippen molar-refractivity contribution in [1.29, 1.82) is 5.26 Å². The van der Waals surface area contributed by atoms with E-state index in [4.69, 9.17) is 11.0 Å². The second kappa shape index (κ2) is 7.24. The molecule has 1 heterocycles. The van der Waals surface area contributed by atoms with Crippen LogP contribution in [-0.2, 0) is 11.3 Å². The molecule has 3 rings (SSSR count). The lowest BCUT2D eigenvalue weighted by atomic mass is 9.91. The molecule has 138 valence electrons. The van der Waals surface area contributed by atoms with Crippen molar-refractivity contribution in [2.45, 2.75) is 39.3 Å². The van der Waals surface area contributed by atoms with E-state index < -0.39 is 5.54 Å². The Morgan fingerprint density at radius 1 is 1.19 bits per heavy atom. The molecule has 0 aromatic heterocycles. The van der Waals surface area contributed by atoms with Crippen LogP contribution in [0.15, 0.2) is 53.5 Å². The first-order chi connectivity index (χ1) is 12.8. The average Bonchev–Trinajstić information content (AvgIpc) is 2.84. The first-order valence-corrected chi connectivity index (χ1v) is 9.09. The van der Waals surface area contributed by atoms with E-state index in [2.05, 4.69) is 24.9 Å². The van der Waals surface area contributed by atoms with Crippen LogP contribution in [0.5, 0.6) is 0 Å². The summed E-state index contributed by atoms with van der Waals surface area (Å²) in [5.41, 5.74) is 8.90. The summed E-state index contributed by atoms with van der Waals surface area (Å²) in [4.78, 5) is 18.8. The molecule has 2 aromatic carbocycles. The third-order valence-corrected chi connectivity index (χ3v) is 4.77. The van der Waals surface area contributed by atoms with Gasteiger partial charge in [-0.3, -0.25) is 9.69 Å². The van der Waals surface area contributed by atoms with Crippen molar-refractivity contribution in [2.24, 2.45) is 16.6 Å². The lowest BCUT2D eigenvalue weighted by Crippen LogP contribution is -2.43. The Hall–Kier alpha value is -3.13. The molecule has 0 spiro atoms. The van der Waals surface area contributed by atoms with Crippen LogP contribution >= 0.6 is 0 Å². The first kappa shape index (κ1) is 18.7. The Balaban J connectivity index is 1.76. The topological polar surface area (TPSA) is 82.5 Å². The Labute approximate surface area is 160 Å². The molecule has 1 aliphatic rings. The van der Waals surface area contributed by atoms with Crippen molar-refractivity contribution in [3.63, 3.8) is 0 Å². The maximum atomic E-state index is 12.8. The van der Waals surface area contributed by atoms with Gasteiger partial charge in [0.1, 0.15) is 5.54 Å². The predicted molar refractivity (Wildman–Crippen MR) is 107 cm³/mol. The Bertz CT molecular complexity index is 924. The molecule has 5 heteroatoms. The van der Waals surface area contributed by atoms with Crippen molar-refractivity contribution in [3.8, 4) is 17.2 Å². The lowest BCUT2D eigenvalue weighted by molar-refractivity contribution is -0.131. The SMILES string of the molecule is CC(C)CC1(C)N=C(N)N(Cc2ccc(-c3cccc(C#N)c3)cc2)C1=O. The number of nitrogens with zero attached hydrogens (tertiary/aromatic N) is 3. The predicted octanol–water partition coefficient (Wildman–Crippen LogP) is 3.69. The smallest absolute Gasteiger partial charge is 0.257 e. The second-order valence-corrected chi connectivity index (χ2v) is 7.62. The lowest BCUT2D eigenvalue weighted by Gasteiger charge is -2.23. The highest BCUT2D eigenvalue weighted by atomic mass is 16.2. The van der Waals surface area contributed by atoms with Crippen molar-refractivity contribution in [3.05, 3.63) is 59.7 Å². The number of nitriles is 1. The Morgan fingerprint density at radius 2 is 1.89 bits per heavy atom. The zero-order chi connectivity index (χ0) is 19.6. The second-order valence-electron chi connectivity index (χ2n) is 7.62. The fraction of sp³-hybridized carbons (Fsp3) is 0.318. The summed E-state index contributed by atoms with van der Waals surface area (Å²) < 4.78 is 0. The van der Waals surface area contributed by atoms with Crippen LogP contribution in [0.4, 0.5) is 0 Å². The number of carbonyl (C=O) groups excluding carboxylic acids is 1. The summed E-state index contributed by atoms with van der Waals surface area (Å²) in [7, 11) is 0. The number of aliphatic imine (C=N–C) groups is 1. The van der Waals surface area contributed by atoms with E-state index in [0.29, 0.717) is 24.4 Å². The highest BCUT2D eigenvalue weighted by Gasteiger charge is 2.43.